The molecule has 1 amide bonds. The third-order valence-electron chi connectivity index (χ3n) is 11.1. The van der Waals surface area contributed by atoms with Gasteiger partial charge in [-0.15, -0.1) is 0 Å². The molecule has 3 atom stereocenters. The molecule has 2 aromatic rings. The summed E-state index contributed by atoms with van der Waals surface area (Å²) in [4.78, 5) is 24.4. The number of piperazine rings is 1. The summed E-state index contributed by atoms with van der Waals surface area (Å²) in [5.41, 5.74) is 3.57. The van der Waals surface area contributed by atoms with Gasteiger partial charge in [0.05, 0.1) is 16.5 Å². The van der Waals surface area contributed by atoms with Crippen LogP contribution in [0.5, 0.6) is 0 Å². The van der Waals surface area contributed by atoms with Crippen LogP contribution in [-0.4, -0.2) is 78.2 Å². The van der Waals surface area contributed by atoms with E-state index in [1.807, 2.05) is 4.90 Å². The lowest BCUT2D eigenvalue weighted by Gasteiger charge is -2.45. The van der Waals surface area contributed by atoms with Gasteiger partial charge in [0.25, 0.3) is 0 Å². The van der Waals surface area contributed by atoms with Crippen LogP contribution in [0.15, 0.2) is 30.5 Å². The summed E-state index contributed by atoms with van der Waals surface area (Å²) in [5, 5.41) is 10.3. The number of primary amides is 1. The topological polar surface area (TPSA) is 89.5 Å². The minimum absolute atomic E-state index is 0.0796. The Hall–Kier alpha value is -2.90. The molecule has 7 nitrogen and oxygen atoms in total. The number of alkyl halides is 3. The van der Waals surface area contributed by atoms with Crippen LogP contribution in [0.25, 0.3) is 10.9 Å². The normalized spacial score (nSPS) is 34.4. The van der Waals surface area contributed by atoms with Crippen molar-refractivity contribution in [3.63, 3.8) is 0 Å². The van der Waals surface area contributed by atoms with Gasteiger partial charge in [0.1, 0.15) is 11.5 Å². The van der Waals surface area contributed by atoms with Gasteiger partial charge in [-0.2, -0.15) is 18.4 Å². The van der Waals surface area contributed by atoms with E-state index in [-0.39, 0.29) is 18.9 Å². The Balaban J connectivity index is 1.17. The Bertz CT molecular complexity index is 1390. The Morgan fingerprint density at radius 1 is 1.07 bits per heavy atom. The highest BCUT2D eigenvalue weighted by molar-refractivity contribution is 5.97. The van der Waals surface area contributed by atoms with Gasteiger partial charge in [-0.25, -0.2) is 0 Å². The number of nitrogens with zero attached hydrogens (tertiary/aromatic N) is 5. The summed E-state index contributed by atoms with van der Waals surface area (Å²) < 4.78 is 44.3. The van der Waals surface area contributed by atoms with Crippen molar-refractivity contribution in [2.24, 2.45) is 28.4 Å². The smallest absolute Gasteiger partial charge is 0.369 e. The first-order chi connectivity index (χ1) is 19.7. The van der Waals surface area contributed by atoms with E-state index in [4.69, 9.17) is 5.73 Å². The van der Waals surface area contributed by atoms with Crippen LogP contribution in [0, 0.1) is 34.0 Å². The monoisotopic (exact) mass is 566 g/mol. The van der Waals surface area contributed by atoms with Gasteiger partial charge in [-0.3, -0.25) is 14.7 Å². The third kappa shape index (κ3) is 4.14. The highest BCUT2D eigenvalue weighted by Crippen LogP contribution is 2.78. The number of amides is 1. The van der Waals surface area contributed by atoms with E-state index in [0.29, 0.717) is 28.2 Å². The number of aromatic nitrogens is 1. The molecule has 7 rings (SSSR count). The van der Waals surface area contributed by atoms with Gasteiger partial charge >= 0.3 is 6.18 Å². The molecule has 1 aromatic heterocycles. The Morgan fingerprint density at radius 2 is 1.80 bits per heavy atom. The maximum Gasteiger partial charge on any atom is 0.397 e. The zero-order valence-corrected chi connectivity index (χ0v) is 23.2. The minimum Gasteiger partial charge on any atom is -0.369 e. The molecule has 0 radical (unpaired) electrons. The average molecular weight is 567 g/mol. The first kappa shape index (κ1) is 27.0. The van der Waals surface area contributed by atoms with Crippen LogP contribution in [0.1, 0.15) is 50.5 Å². The van der Waals surface area contributed by atoms with E-state index in [1.54, 1.807) is 30.5 Å². The number of carbonyl (C=O) groups is 1. The Labute approximate surface area is 238 Å². The highest BCUT2D eigenvalue weighted by atomic mass is 19.4. The van der Waals surface area contributed by atoms with Gasteiger partial charge in [0.2, 0.25) is 5.91 Å². The molecule has 2 aliphatic heterocycles. The Morgan fingerprint density at radius 3 is 2.44 bits per heavy atom. The molecule has 3 aliphatic carbocycles. The number of pyridine rings is 1. The summed E-state index contributed by atoms with van der Waals surface area (Å²) in [6.45, 7) is 5.18. The molecular formula is C31H37F3N6O. The molecule has 2 saturated heterocycles. The number of rotatable bonds is 6. The molecule has 5 aliphatic rings. The van der Waals surface area contributed by atoms with E-state index in [0.717, 1.165) is 57.8 Å². The van der Waals surface area contributed by atoms with Crippen molar-refractivity contribution in [3.8, 4) is 6.07 Å². The standard InChI is InChI=1S/C31H37F3N6O/c32-31(33,34)29-18-30(29,28(36)41)27(40(19-29)25-10-7-22(16-35)26-24(25)2-1-11-37-26)21-5-8-23(9-6-21)39-14-12-38(13-15-39)17-20-3-4-20/h1-2,7,10-11,20-21,23,27H,3-6,8-9,12-15,17-19H2,(H2,36,41)/t21?,23?,27?,29-,30-/m1/s1. The van der Waals surface area contributed by atoms with E-state index in [2.05, 4.69) is 20.9 Å². The van der Waals surface area contributed by atoms with E-state index in [9.17, 15) is 23.2 Å². The summed E-state index contributed by atoms with van der Waals surface area (Å²) in [5.74, 6) is -0.0320. The van der Waals surface area contributed by atoms with E-state index >= 15 is 0 Å². The SMILES string of the molecule is N#Cc1ccc(N2C[C@]3(C(F)(F)F)C[C@]3(C(N)=O)C2C2CCC(N3CCN(CC4CC4)CC3)CC2)c2cccnc12. The maximum atomic E-state index is 14.8. The number of carbonyl (C=O) groups excluding carboxylic acids is 1. The van der Waals surface area contributed by atoms with Gasteiger partial charge in [0.15, 0.2) is 0 Å². The van der Waals surface area contributed by atoms with Gasteiger partial charge in [-0.05, 0) is 81.0 Å². The minimum atomic E-state index is -4.55. The highest BCUT2D eigenvalue weighted by Gasteiger charge is 2.89. The number of halogens is 3. The number of benzene rings is 1. The second kappa shape index (κ2) is 9.56. The van der Waals surface area contributed by atoms with Gasteiger partial charge < -0.3 is 15.5 Å². The number of piperidine rings is 1. The Kier molecular flexibility index (Phi) is 6.29. The van der Waals surface area contributed by atoms with Gasteiger partial charge in [-0.1, -0.05) is 0 Å². The summed E-state index contributed by atoms with van der Waals surface area (Å²) >= 11 is 0. The summed E-state index contributed by atoms with van der Waals surface area (Å²) in [6.07, 6.45) is 2.89. The number of nitriles is 1. The molecule has 1 unspecified atom stereocenters. The fraction of sp³-hybridized carbons (Fsp3) is 0.645. The molecule has 0 bridgehead atoms. The lowest BCUT2D eigenvalue weighted by Crippen LogP contribution is -2.53. The predicted molar refractivity (Wildman–Crippen MR) is 149 cm³/mol. The number of fused-ring (bicyclic) bond motifs is 2. The van der Waals surface area contributed by atoms with Crippen molar-refractivity contribution in [2.45, 2.75) is 63.2 Å². The van der Waals surface area contributed by atoms with E-state index < -0.39 is 29.0 Å². The van der Waals surface area contributed by atoms with Crippen molar-refractivity contribution in [1.82, 2.24) is 14.8 Å². The van der Waals surface area contributed by atoms with Crippen LogP contribution in [-0.2, 0) is 4.79 Å². The quantitative estimate of drug-likeness (QED) is 0.561. The van der Waals surface area contributed by atoms with E-state index in [1.165, 1.54) is 19.4 Å². The number of anilines is 1. The zero-order valence-electron chi connectivity index (χ0n) is 23.2. The van der Waals surface area contributed by atoms with Crippen molar-refractivity contribution in [2.75, 3.05) is 44.2 Å². The molecule has 0 spiro atoms. The fourth-order valence-corrected chi connectivity index (χ4v) is 8.73. The molecule has 10 heteroatoms. The molecule has 3 saturated carbocycles. The first-order valence-electron chi connectivity index (χ1n) is 15.1. The molecule has 1 aromatic carbocycles. The molecular weight excluding hydrogens is 529 g/mol. The van der Waals surface area contributed by atoms with Crippen LogP contribution in [0.3, 0.4) is 0 Å². The predicted octanol–water partition coefficient (Wildman–Crippen LogP) is 4.31. The second-order valence-electron chi connectivity index (χ2n) is 13.2. The molecule has 3 heterocycles. The molecule has 41 heavy (non-hydrogen) atoms. The largest absolute Gasteiger partial charge is 0.397 e. The molecule has 218 valence electrons. The van der Waals surface area contributed by atoms with Crippen molar-refractivity contribution >= 4 is 22.5 Å². The van der Waals surface area contributed by atoms with Crippen molar-refractivity contribution in [3.05, 3.63) is 36.0 Å². The van der Waals surface area contributed by atoms with Crippen LogP contribution < -0.4 is 10.6 Å². The van der Waals surface area contributed by atoms with Crippen molar-refractivity contribution < 1.29 is 18.0 Å². The van der Waals surface area contributed by atoms with Crippen molar-refractivity contribution in [1.29, 1.82) is 5.26 Å². The fourth-order valence-electron chi connectivity index (χ4n) is 8.73. The van der Waals surface area contributed by atoms with Crippen LogP contribution in [0.4, 0.5) is 18.9 Å². The lowest BCUT2D eigenvalue weighted by atomic mass is 9.73. The molecule has 2 N–H and O–H groups in total. The number of hydrogen-bond acceptors (Lipinski definition) is 6. The zero-order chi connectivity index (χ0) is 28.6. The lowest BCUT2D eigenvalue weighted by molar-refractivity contribution is -0.192. The first-order valence-corrected chi connectivity index (χ1v) is 15.1. The van der Waals surface area contributed by atoms with Crippen LogP contribution in [0.2, 0.25) is 0 Å². The van der Waals surface area contributed by atoms with Crippen LogP contribution >= 0.6 is 0 Å². The third-order valence-corrected chi connectivity index (χ3v) is 11.1. The van der Waals surface area contributed by atoms with Gasteiger partial charge in [0, 0.05) is 68.6 Å². The summed E-state index contributed by atoms with van der Waals surface area (Å²) in [7, 11) is 0. The number of nitrogens with two attached hydrogens (primary N) is 1. The average Bonchev–Trinajstić information content (AvgIpc) is 3.89. The number of hydrogen-bond donors (Lipinski definition) is 1. The second-order valence-corrected chi connectivity index (χ2v) is 13.2. The molecule has 5 fully saturated rings. The summed E-state index contributed by atoms with van der Waals surface area (Å²) in [6, 6.07) is 8.82. The maximum absolute atomic E-state index is 14.8.